The van der Waals surface area contributed by atoms with Gasteiger partial charge in [0.05, 0.1) is 12.0 Å². The molecule has 3 atom stereocenters. The van der Waals surface area contributed by atoms with Crippen molar-refractivity contribution in [2.24, 2.45) is 5.92 Å². The smallest absolute Gasteiger partial charge is 0.281 e. The SMILES string of the molecule is CN(C)S(=O)(=O)N1CCCC2C(=O)N3CCc4cc5c(cc4C3CC21)OCO5. The molecule has 0 spiro atoms. The van der Waals surface area contributed by atoms with E-state index < -0.39 is 10.2 Å². The Morgan fingerprint density at radius 3 is 2.64 bits per heavy atom. The van der Waals surface area contributed by atoms with Crippen molar-refractivity contribution in [1.82, 2.24) is 13.5 Å². The van der Waals surface area contributed by atoms with Gasteiger partial charge >= 0.3 is 0 Å². The molecule has 8 nitrogen and oxygen atoms in total. The van der Waals surface area contributed by atoms with Crippen molar-refractivity contribution in [3.8, 4) is 11.5 Å². The maximum Gasteiger partial charge on any atom is 0.281 e. The van der Waals surface area contributed by atoms with Gasteiger partial charge in [-0.05, 0) is 48.9 Å². The van der Waals surface area contributed by atoms with E-state index in [0.717, 1.165) is 29.7 Å². The minimum absolute atomic E-state index is 0.0863. The Morgan fingerprint density at radius 1 is 1.14 bits per heavy atom. The molecule has 3 unspecified atom stereocenters. The molecule has 28 heavy (non-hydrogen) atoms. The Kier molecular flexibility index (Phi) is 4.12. The van der Waals surface area contributed by atoms with Gasteiger partial charge in [0, 0.05) is 33.2 Å². The summed E-state index contributed by atoms with van der Waals surface area (Å²) < 4.78 is 39.6. The van der Waals surface area contributed by atoms with Gasteiger partial charge in [0.2, 0.25) is 12.7 Å². The van der Waals surface area contributed by atoms with Crippen LogP contribution >= 0.6 is 0 Å². The molecule has 0 radical (unpaired) electrons. The average molecular weight is 407 g/mol. The quantitative estimate of drug-likeness (QED) is 0.734. The fourth-order valence-electron chi connectivity index (χ4n) is 5.14. The first-order valence-electron chi connectivity index (χ1n) is 9.80. The zero-order chi connectivity index (χ0) is 19.6. The third-order valence-corrected chi connectivity index (χ3v) is 8.51. The van der Waals surface area contributed by atoms with Gasteiger partial charge in [0.1, 0.15) is 0 Å². The van der Waals surface area contributed by atoms with E-state index in [4.69, 9.17) is 9.47 Å². The fourth-order valence-corrected chi connectivity index (χ4v) is 6.50. The number of amides is 1. The number of piperidine rings is 2. The van der Waals surface area contributed by atoms with E-state index in [1.54, 1.807) is 18.4 Å². The van der Waals surface area contributed by atoms with Crippen molar-refractivity contribution in [3.63, 3.8) is 0 Å². The molecule has 4 heterocycles. The Labute approximate surface area is 165 Å². The second kappa shape index (κ2) is 6.33. The van der Waals surface area contributed by atoms with E-state index in [1.807, 2.05) is 17.0 Å². The van der Waals surface area contributed by atoms with E-state index in [1.165, 1.54) is 4.31 Å². The summed E-state index contributed by atoms with van der Waals surface area (Å²) in [5, 5.41) is 0. The maximum absolute atomic E-state index is 13.3. The highest BCUT2D eigenvalue weighted by molar-refractivity contribution is 7.86. The van der Waals surface area contributed by atoms with Crippen LogP contribution in [0.3, 0.4) is 0 Å². The molecule has 152 valence electrons. The molecule has 0 saturated carbocycles. The summed E-state index contributed by atoms with van der Waals surface area (Å²) in [6.07, 6.45) is 2.87. The van der Waals surface area contributed by atoms with Gasteiger partial charge in [-0.2, -0.15) is 17.0 Å². The Hall–Kier alpha value is -1.84. The Bertz CT molecular complexity index is 932. The van der Waals surface area contributed by atoms with Crippen LogP contribution in [0.1, 0.15) is 36.4 Å². The zero-order valence-electron chi connectivity index (χ0n) is 16.1. The van der Waals surface area contributed by atoms with Crippen molar-refractivity contribution in [3.05, 3.63) is 23.3 Å². The lowest BCUT2D eigenvalue weighted by atomic mass is 9.77. The number of ether oxygens (including phenoxy) is 2. The number of benzene rings is 1. The standard InChI is InChI=1S/C19H25N3O5S/c1-20(2)28(24,25)22-6-3-4-13-16(22)10-15-14-9-18-17(26-11-27-18)8-12(14)5-7-21(15)19(13)23/h8-9,13,15-16H,3-7,10-11H2,1-2H3. The molecule has 9 heteroatoms. The summed E-state index contributed by atoms with van der Waals surface area (Å²) in [6.45, 7) is 1.35. The first-order valence-corrected chi connectivity index (χ1v) is 11.2. The molecular weight excluding hydrogens is 382 g/mol. The summed E-state index contributed by atoms with van der Waals surface area (Å²) in [7, 11) is -0.471. The number of hydrogen-bond acceptors (Lipinski definition) is 5. The molecule has 0 bridgehead atoms. The van der Waals surface area contributed by atoms with Crippen molar-refractivity contribution in [2.45, 2.75) is 37.8 Å². The Morgan fingerprint density at radius 2 is 1.89 bits per heavy atom. The van der Waals surface area contributed by atoms with Crippen LogP contribution in [0, 0.1) is 5.92 Å². The van der Waals surface area contributed by atoms with Gasteiger partial charge in [0.25, 0.3) is 10.2 Å². The number of carbonyl (C=O) groups is 1. The van der Waals surface area contributed by atoms with E-state index in [0.29, 0.717) is 31.7 Å². The predicted octanol–water partition coefficient (Wildman–Crippen LogP) is 1.13. The topological polar surface area (TPSA) is 79.4 Å². The first-order chi connectivity index (χ1) is 13.4. The van der Waals surface area contributed by atoms with E-state index in [2.05, 4.69) is 0 Å². The molecular formula is C19H25N3O5S. The van der Waals surface area contributed by atoms with Gasteiger partial charge in [-0.15, -0.1) is 0 Å². The fraction of sp³-hybridized carbons (Fsp3) is 0.632. The second-order valence-corrected chi connectivity index (χ2v) is 10.2. The van der Waals surface area contributed by atoms with Crippen molar-refractivity contribution in [1.29, 1.82) is 0 Å². The molecule has 0 aliphatic carbocycles. The molecule has 0 aromatic heterocycles. The van der Waals surface area contributed by atoms with Gasteiger partial charge in [0.15, 0.2) is 11.5 Å². The van der Waals surface area contributed by atoms with Gasteiger partial charge in [-0.1, -0.05) is 0 Å². The average Bonchev–Trinajstić information content (AvgIpc) is 3.13. The number of fused-ring (bicyclic) bond motifs is 5. The molecule has 2 fully saturated rings. The van der Waals surface area contributed by atoms with Gasteiger partial charge in [-0.3, -0.25) is 4.79 Å². The summed E-state index contributed by atoms with van der Waals surface area (Å²) in [6, 6.07) is 3.58. The minimum Gasteiger partial charge on any atom is -0.454 e. The normalized spacial score (nSPS) is 29.5. The largest absolute Gasteiger partial charge is 0.454 e. The zero-order valence-corrected chi connectivity index (χ0v) is 16.9. The summed E-state index contributed by atoms with van der Waals surface area (Å²) in [5.74, 6) is 1.29. The molecule has 4 aliphatic rings. The first kappa shape index (κ1) is 18.2. The van der Waals surface area contributed by atoms with Gasteiger partial charge < -0.3 is 14.4 Å². The third-order valence-electron chi connectivity index (χ3n) is 6.54. The lowest BCUT2D eigenvalue weighted by Crippen LogP contribution is -2.61. The lowest BCUT2D eigenvalue weighted by molar-refractivity contribution is -0.147. The Balaban J connectivity index is 1.54. The summed E-state index contributed by atoms with van der Waals surface area (Å²) >= 11 is 0. The third kappa shape index (κ3) is 2.56. The van der Waals surface area contributed by atoms with E-state index >= 15 is 0 Å². The minimum atomic E-state index is -3.57. The molecule has 1 amide bonds. The number of rotatable bonds is 2. The van der Waals surface area contributed by atoms with Crippen LogP contribution in [0.4, 0.5) is 0 Å². The van der Waals surface area contributed by atoms with Crippen molar-refractivity contribution < 1.29 is 22.7 Å². The van der Waals surface area contributed by atoms with Crippen LogP contribution in [-0.2, 0) is 21.4 Å². The molecule has 2 saturated heterocycles. The summed E-state index contributed by atoms with van der Waals surface area (Å²) in [5.41, 5.74) is 2.23. The van der Waals surface area contributed by atoms with Crippen LogP contribution in [0.15, 0.2) is 12.1 Å². The van der Waals surface area contributed by atoms with E-state index in [-0.39, 0.29) is 30.7 Å². The molecule has 5 rings (SSSR count). The van der Waals surface area contributed by atoms with Crippen LogP contribution in [0.5, 0.6) is 11.5 Å². The molecule has 1 aromatic carbocycles. The van der Waals surface area contributed by atoms with Crippen LogP contribution < -0.4 is 9.47 Å². The summed E-state index contributed by atoms with van der Waals surface area (Å²) in [4.78, 5) is 15.3. The number of nitrogens with zero attached hydrogens (tertiary/aromatic N) is 3. The molecule has 0 N–H and O–H groups in total. The predicted molar refractivity (Wildman–Crippen MR) is 101 cm³/mol. The highest BCUT2D eigenvalue weighted by atomic mass is 32.2. The number of carbonyl (C=O) groups excluding carboxylic acids is 1. The van der Waals surface area contributed by atoms with Crippen LogP contribution in [-0.4, -0.2) is 67.9 Å². The highest BCUT2D eigenvalue weighted by Gasteiger charge is 2.50. The van der Waals surface area contributed by atoms with Crippen molar-refractivity contribution in [2.75, 3.05) is 34.0 Å². The van der Waals surface area contributed by atoms with Crippen LogP contribution in [0.2, 0.25) is 0 Å². The van der Waals surface area contributed by atoms with Crippen molar-refractivity contribution >= 4 is 16.1 Å². The van der Waals surface area contributed by atoms with Crippen LogP contribution in [0.25, 0.3) is 0 Å². The second-order valence-electron chi connectivity index (χ2n) is 8.15. The maximum atomic E-state index is 13.3. The lowest BCUT2D eigenvalue weighted by Gasteiger charge is -2.51. The van der Waals surface area contributed by atoms with Gasteiger partial charge in [-0.25, -0.2) is 0 Å². The molecule has 4 aliphatic heterocycles. The monoisotopic (exact) mass is 407 g/mol. The number of hydrogen-bond donors (Lipinski definition) is 0. The molecule has 1 aromatic rings. The highest BCUT2D eigenvalue weighted by Crippen LogP contribution is 2.47. The van der Waals surface area contributed by atoms with E-state index in [9.17, 15) is 13.2 Å².